The molecule has 0 radical (unpaired) electrons. The van der Waals surface area contributed by atoms with E-state index in [9.17, 15) is 18.0 Å². The maximum absolute atomic E-state index is 13.8. The number of amides is 1. The van der Waals surface area contributed by atoms with Gasteiger partial charge in [-0.15, -0.1) is 0 Å². The number of halogens is 3. The lowest BCUT2D eigenvalue weighted by molar-refractivity contribution is -0.137. The van der Waals surface area contributed by atoms with Gasteiger partial charge in [0.2, 0.25) is 5.91 Å². The van der Waals surface area contributed by atoms with Gasteiger partial charge < -0.3 is 19.8 Å². The van der Waals surface area contributed by atoms with Crippen molar-refractivity contribution in [3.63, 3.8) is 0 Å². The number of carbonyl (C=O) groups is 1. The fraction of sp³-hybridized carbons (Fsp3) is 0.364. The lowest BCUT2D eigenvalue weighted by Crippen LogP contribution is -2.35. The summed E-state index contributed by atoms with van der Waals surface area (Å²) >= 11 is 0. The summed E-state index contributed by atoms with van der Waals surface area (Å²) in [4.78, 5) is 16.9. The third-order valence-electron chi connectivity index (χ3n) is 5.48. The average molecular weight is 432 g/mol. The lowest BCUT2D eigenvalue weighted by atomic mass is 9.96. The molecule has 4 rings (SSSR count). The molecule has 31 heavy (non-hydrogen) atoms. The molecule has 1 aliphatic heterocycles. The van der Waals surface area contributed by atoms with Crippen LogP contribution in [0.4, 0.5) is 18.9 Å². The van der Waals surface area contributed by atoms with E-state index in [1.165, 1.54) is 13.2 Å². The van der Waals surface area contributed by atoms with Gasteiger partial charge in [0, 0.05) is 23.9 Å². The normalized spacial score (nSPS) is 15.3. The molecule has 0 saturated carbocycles. The number of nitrogens with one attached hydrogen (secondary N) is 2. The fourth-order valence-electron chi connectivity index (χ4n) is 3.88. The van der Waals surface area contributed by atoms with Gasteiger partial charge in [-0.3, -0.25) is 4.79 Å². The molecule has 2 aromatic heterocycles. The lowest BCUT2D eigenvalue weighted by Gasteiger charge is -2.23. The predicted octanol–water partition coefficient (Wildman–Crippen LogP) is 4.28. The molecule has 1 saturated heterocycles. The number of nitrogens with zero attached hydrogens (tertiary/aromatic N) is 2. The van der Waals surface area contributed by atoms with Crippen molar-refractivity contribution < 1.29 is 22.7 Å². The maximum Gasteiger partial charge on any atom is 0.418 e. The number of ether oxygens (including phenoxy) is 1. The van der Waals surface area contributed by atoms with Crippen molar-refractivity contribution in [3.8, 4) is 16.9 Å². The highest BCUT2D eigenvalue weighted by molar-refractivity contribution is 5.94. The van der Waals surface area contributed by atoms with Gasteiger partial charge in [0.15, 0.2) is 11.4 Å². The summed E-state index contributed by atoms with van der Waals surface area (Å²) in [6, 6.07) is 5.59. The van der Waals surface area contributed by atoms with Crippen molar-refractivity contribution in [2.75, 3.05) is 25.5 Å². The molecule has 3 heterocycles. The summed E-state index contributed by atoms with van der Waals surface area (Å²) in [5, 5.41) is 5.64. The number of methoxy groups -OCH3 is 1. The van der Waals surface area contributed by atoms with Crippen molar-refractivity contribution in [2.45, 2.75) is 25.9 Å². The van der Waals surface area contributed by atoms with E-state index in [1.54, 1.807) is 28.9 Å². The standard InChI is InChI=1S/C22H23F3N4O2/c1-13-11-29-12-16(10-19(31-2)20(29)27-13)15-3-4-18(17(9-15)22(23,24)25)28-21(30)14-5-7-26-8-6-14/h3-4,9-12,14,26H,5-8H2,1-2H3,(H,28,30). The summed E-state index contributed by atoms with van der Waals surface area (Å²) in [5.74, 6) is -0.211. The SMILES string of the molecule is COc1cc(-c2ccc(NC(=O)C3CCNCC3)c(C(F)(F)F)c2)cn2cc(C)nc12. The number of hydrogen-bond donors (Lipinski definition) is 2. The molecule has 164 valence electrons. The second kappa shape index (κ2) is 8.22. The monoisotopic (exact) mass is 432 g/mol. The van der Waals surface area contributed by atoms with Crippen molar-refractivity contribution in [2.24, 2.45) is 5.92 Å². The third kappa shape index (κ3) is 4.36. The van der Waals surface area contributed by atoms with Crippen LogP contribution in [0.1, 0.15) is 24.1 Å². The molecule has 2 N–H and O–H groups in total. The molecule has 0 aliphatic carbocycles. The van der Waals surface area contributed by atoms with Gasteiger partial charge in [0.25, 0.3) is 0 Å². The van der Waals surface area contributed by atoms with Crippen LogP contribution in [0.3, 0.4) is 0 Å². The summed E-state index contributed by atoms with van der Waals surface area (Å²) in [6.07, 6.45) is 0.0809. The zero-order chi connectivity index (χ0) is 22.2. The van der Waals surface area contributed by atoms with Gasteiger partial charge >= 0.3 is 6.18 Å². The molecule has 3 aromatic rings. The molecule has 1 amide bonds. The smallest absolute Gasteiger partial charge is 0.418 e. The topological polar surface area (TPSA) is 67.7 Å². The van der Waals surface area contributed by atoms with Crippen LogP contribution >= 0.6 is 0 Å². The Balaban J connectivity index is 1.72. The first kappa shape index (κ1) is 21.2. The van der Waals surface area contributed by atoms with Gasteiger partial charge in [-0.2, -0.15) is 13.2 Å². The number of aryl methyl sites for hydroxylation is 1. The number of alkyl halides is 3. The molecule has 0 spiro atoms. The minimum atomic E-state index is -4.62. The molecular formula is C22H23F3N4O2. The Kier molecular flexibility index (Phi) is 5.62. The van der Waals surface area contributed by atoms with E-state index in [0.717, 1.165) is 11.8 Å². The molecule has 9 heteroatoms. The number of aromatic nitrogens is 2. The maximum atomic E-state index is 13.8. The van der Waals surface area contributed by atoms with E-state index in [2.05, 4.69) is 15.6 Å². The molecule has 1 fully saturated rings. The second-order valence-corrected chi connectivity index (χ2v) is 7.68. The number of benzene rings is 1. The van der Waals surface area contributed by atoms with Gasteiger partial charge in [0.1, 0.15) is 0 Å². The first-order valence-electron chi connectivity index (χ1n) is 10.0. The van der Waals surface area contributed by atoms with Gasteiger partial charge in [-0.25, -0.2) is 4.98 Å². The Morgan fingerprint density at radius 3 is 2.61 bits per heavy atom. The average Bonchev–Trinajstić information content (AvgIpc) is 3.13. The van der Waals surface area contributed by atoms with Crippen LogP contribution in [0.15, 0.2) is 36.7 Å². The van der Waals surface area contributed by atoms with Crippen LogP contribution in [0.2, 0.25) is 0 Å². The van der Waals surface area contributed by atoms with E-state index in [0.29, 0.717) is 48.5 Å². The summed E-state index contributed by atoms with van der Waals surface area (Å²) < 4.78 is 48.6. The summed E-state index contributed by atoms with van der Waals surface area (Å²) in [6.45, 7) is 3.19. The van der Waals surface area contributed by atoms with Crippen LogP contribution in [0, 0.1) is 12.8 Å². The number of pyridine rings is 1. The quantitative estimate of drug-likeness (QED) is 0.646. The Labute approximate surface area is 177 Å². The molecule has 0 bridgehead atoms. The first-order valence-corrected chi connectivity index (χ1v) is 10.0. The fourth-order valence-corrected chi connectivity index (χ4v) is 3.88. The van der Waals surface area contributed by atoms with Crippen LogP contribution < -0.4 is 15.4 Å². The van der Waals surface area contributed by atoms with Crippen LogP contribution in [0.5, 0.6) is 5.75 Å². The van der Waals surface area contributed by atoms with Gasteiger partial charge in [-0.1, -0.05) is 6.07 Å². The number of imidazole rings is 1. The van der Waals surface area contributed by atoms with Crippen molar-refractivity contribution >= 4 is 17.2 Å². The number of carbonyl (C=O) groups excluding carboxylic acids is 1. The van der Waals surface area contributed by atoms with Gasteiger partial charge in [-0.05, 0) is 56.6 Å². The highest BCUT2D eigenvalue weighted by Crippen LogP contribution is 2.38. The molecule has 0 atom stereocenters. The van der Waals surface area contributed by atoms with E-state index in [-0.39, 0.29) is 17.5 Å². The molecule has 6 nitrogen and oxygen atoms in total. The molecular weight excluding hydrogens is 409 g/mol. The number of piperidine rings is 1. The van der Waals surface area contributed by atoms with Crippen LogP contribution in [-0.2, 0) is 11.0 Å². The van der Waals surface area contributed by atoms with Gasteiger partial charge in [0.05, 0.1) is 24.1 Å². The van der Waals surface area contributed by atoms with E-state index >= 15 is 0 Å². The van der Waals surface area contributed by atoms with Crippen molar-refractivity contribution in [1.29, 1.82) is 0 Å². The number of rotatable bonds is 4. The minimum absolute atomic E-state index is 0.230. The Hall–Kier alpha value is -3.07. The van der Waals surface area contributed by atoms with Crippen LogP contribution in [-0.4, -0.2) is 35.5 Å². The highest BCUT2D eigenvalue weighted by atomic mass is 19.4. The Morgan fingerprint density at radius 2 is 1.94 bits per heavy atom. The van der Waals surface area contributed by atoms with E-state index in [4.69, 9.17) is 4.74 Å². The molecule has 1 aromatic carbocycles. The molecule has 1 aliphatic rings. The van der Waals surface area contributed by atoms with Crippen molar-refractivity contribution in [3.05, 3.63) is 47.9 Å². The summed E-state index contributed by atoms with van der Waals surface area (Å²) in [5.41, 5.74) is 1.15. The first-order chi connectivity index (χ1) is 14.8. The number of fused-ring (bicyclic) bond motifs is 1. The number of hydrogen-bond acceptors (Lipinski definition) is 4. The zero-order valence-electron chi connectivity index (χ0n) is 17.2. The minimum Gasteiger partial charge on any atom is -0.493 e. The van der Waals surface area contributed by atoms with Crippen molar-refractivity contribution in [1.82, 2.24) is 14.7 Å². The zero-order valence-corrected chi connectivity index (χ0v) is 17.2. The Morgan fingerprint density at radius 1 is 1.19 bits per heavy atom. The second-order valence-electron chi connectivity index (χ2n) is 7.68. The number of anilines is 1. The molecule has 0 unspecified atom stereocenters. The highest BCUT2D eigenvalue weighted by Gasteiger charge is 2.35. The Bertz CT molecular complexity index is 1120. The van der Waals surface area contributed by atoms with E-state index in [1.807, 2.05) is 6.92 Å². The van der Waals surface area contributed by atoms with Crippen LogP contribution in [0.25, 0.3) is 16.8 Å². The predicted molar refractivity (Wildman–Crippen MR) is 111 cm³/mol. The largest absolute Gasteiger partial charge is 0.493 e. The van der Waals surface area contributed by atoms with E-state index < -0.39 is 11.7 Å². The summed E-state index contributed by atoms with van der Waals surface area (Å²) in [7, 11) is 1.49. The third-order valence-corrected chi connectivity index (χ3v) is 5.48.